The second-order valence-corrected chi connectivity index (χ2v) is 31.3. The Kier molecular flexibility index (Phi) is 3.66. The molecular formula is C78H28O8. The first kappa shape index (κ1) is 37.1. The summed E-state index contributed by atoms with van der Waals surface area (Å²) < 4.78 is 27.8. The van der Waals surface area contributed by atoms with Crippen LogP contribution >= 0.6 is 0 Å². The second-order valence-electron chi connectivity index (χ2n) is 31.3. The Labute approximate surface area is 474 Å². The molecule has 24 aromatic carbocycles. The van der Waals surface area contributed by atoms with Crippen molar-refractivity contribution in [1.29, 1.82) is 0 Å². The van der Waals surface area contributed by atoms with Crippen molar-refractivity contribution < 1.29 is 38.1 Å². The van der Waals surface area contributed by atoms with E-state index in [1.54, 1.807) is 0 Å². The quantitative estimate of drug-likeness (QED) is 0.0641. The average Bonchev–Trinajstić information content (AvgIpc) is 1.35. The molecule has 86 heavy (non-hydrogen) atoms. The second kappa shape index (κ2) is 8.49. The van der Waals surface area contributed by atoms with Gasteiger partial charge in [0.05, 0.1) is 46.1 Å². The first-order valence-electron chi connectivity index (χ1n) is 31.7. The van der Waals surface area contributed by atoms with Gasteiger partial charge in [-0.05, 0) is 358 Å². The molecule has 388 valence electrons. The van der Waals surface area contributed by atoms with Crippen LogP contribution in [0.1, 0.15) is 99.9 Å². The van der Waals surface area contributed by atoms with Crippen LogP contribution in [-0.2, 0) is 59.8 Å². The fraction of sp³-hybridized carbons (Fsp3) is 0.231. The van der Waals surface area contributed by atoms with Crippen molar-refractivity contribution in [3.8, 4) is 0 Å². The first-order valence-corrected chi connectivity index (χ1v) is 31.7. The number of esters is 4. The topological polar surface area (TPSA) is 105 Å². The van der Waals surface area contributed by atoms with E-state index >= 15 is 19.2 Å². The van der Waals surface area contributed by atoms with Gasteiger partial charge in [0.15, 0.2) is 10.8 Å². The molecule has 10 aliphatic rings. The fourth-order valence-electron chi connectivity index (χ4n) is 29.2. The Morgan fingerprint density at radius 1 is 0.186 bits per heavy atom. The first-order chi connectivity index (χ1) is 41.8. The van der Waals surface area contributed by atoms with Crippen LogP contribution in [0.2, 0.25) is 0 Å². The van der Waals surface area contributed by atoms with E-state index in [0.717, 1.165) is 44.2 Å². The molecule has 4 unspecified atom stereocenters. The van der Waals surface area contributed by atoms with Crippen LogP contribution in [0.5, 0.6) is 0 Å². The molecule has 0 heterocycles. The number of hydrogen-bond acceptors (Lipinski definition) is 8. The lowest BCUT2D eigenvalue weighted by molar-refractivity contribution is -0.172. The van der Waals surface area contributed by atoms with Crippen LogP contribution in [0, 0.1) is 10.8 Å². The standard InChI is InChI=1S/C78H28O8/c1-9(2)83-69(79)77(70(80)84-10(3)4)73-61-45-33-21-13-14-18-15-19-27-35(23(15)21)47(45)63(73)53-41(27)32-40-30(19)38-26(18)34-22(14)24-16-17(13)25(33)37-29-20(16)28-36(24)48-46(34)62-50(38)52(40)66-58-43(32)55(53)67-59-57-44-31(39(29)51(49(37)61)65(57)75(67,73)77)42(28)54-56(44)68(60(58)59)76(66)74(62,64(48)54)78(76,71(81)85-11(5)6)72(82)86-12(7)8/h9-12H,1-8H3. The van der Waals surface area contributed by atoms with Gasteiger partial charge in [-0.2, -0.15) is 0 Å². The maximum Gasteiger partial charge on any atom is 0.326 e. The van der Waals surface area contributed by atoms with Gasteiger partial charge in [-0.15, -0.1) is 0 Å². The summed E-state index contributed by atoms with van der Waals surface area (Å²) in [5.74, 6) is -1.96. The van der Waals surface area contributed by atoms with E-state index in [1.165, 1.54) is 259 Å². The Morgan fingerprint density at radius 2 is 0.279 bits per heavy atom. The van der Waals surface area contributed by atoms with Gasteiger partial charge in [0.2, 0.25) is 0 Å². The van der Waals surface area contributed by atoms with Gasteiger partial charge in [-0.1, -0.05) is 0 Å². The van der Waals surface area contributed by atoms with Gasteiger partial charge in [-0.25, -0.2) is 0 Å². The van der Waals surface area contributed by atoms with E-state index in [1.807, 2.05) is 55.4 Å². The summed E-state index contributed by atoms with van der Waals surface area (Å²) in [5, 5.41) is 62.1. The minimum absolute atomic E-state index is 0.491. The third-order valence-corrected chi connectivity index (χ3v) is 28.8. The molecule has 0 saturated heterocycles. The van der Waals surface area contributed by atoms with Gasteiger partial charge in [0, 0.05) is 0 Å². The van der Waals surface area contributed by atoms with Gasteiger partial charge in [0.1, 0.15) is 0 Å². The van der Waals surface area contributed by atoms with Gasteiger partial charge < -0.3 is 18.9 Å². The van der Waals surface area contributed by atoms with Crippen LogP contribution in [0.15, 0.2) is 0 Å². The predicted octanol–water partition coefficient (Wildman–Crippen LogP) is 16.7. The molecule has 2 saturated carbocycles. The summed E-state index contributed by atoms with van der Waals surface area (Å²) in [6.07, 6.45) is -2.10. The number of benzene rings is 16. The third-order valence-electron chi connectivity index (χ3n) is 28.8. The molecule has 24 aromatic rings. The molecule has 34 rings (SSSR count). The summed E-state index contributed by atoms with van der Waals surface area (Å²) in [7, 11) is 0. The lowest BCUT2D eigenvalue weighted by atomic mass is 9.67. The highest BCUT2D eigenvalue weighted by molar-refractivity contribution is 6.79. The van der Waals surface area contributed by atoms with Crippen molar-refractivity contribution in [2.24, 2.45) is 10.8 Å². The summed E-state index contributed by atoms with van der Waals surface area (Å²) >= 11 is 0. The minimum atomic E-state index is -1.87. The number of rotatable bonds is 8. The molecule has 0 bridgehead atoms. The fourth-order valence-corrected chi connectivity index (χ4v) is 29.2. The molecule has 0 radical (unpaired) electrons. The summed E-state index contributed by atoms with van der Waals surface area (Å²) in [6, 6.07) is 0. The zero-order valence-electron chi connectivity index (χ0n) is 46.6. The smallest absolute Gasteiger partial charge is 0.326 e. The Bertz CT molecular complexity index is 7510. The number of hydrogen-bond donors (Lipinski definition) is 0. The SMILES string of the molecule is CC(C)OC(=O)C1(C(=O)OC(C)C)C23c4c5c6c7c8c9c%10c%11c%12c%13c%14c%15c(c6c6c4c4c%16c%17c%18c(c%19c%20c2c5c8c2c%20c5c%19c8c%18c%18c%19c%17c%17c4c6c%15c4c%14c6c%12c%12c%14c%11c(c92)c5c%14c8c%18c%12c6c%19c4%17)C%1613)C71C(C(=O)OC(C)C)(C(=O)OC(C)C)C%10%131. The normalized spacial score (nSPS) is 25.7. The van der Waals surface area contributed by atoms with E-state index in [-0.39, 0.29) is 0 Å². The summed E-state index contributed by atoms with van der Waals surface area (Å²) in [6.45, 7) is 15.5. The van der Waals surface area contributed by atoms with Crippen molar-refractivity contribution in [3.05, 3.63) is 44.5 Å². The van der Waals surface area contributed by atoms with Gasteiger partial charge in [-0.3, -0.25) is 19.2 Å². The van der Waals surface area contributed by atoms with Crippen LogP contribution in [0.4, 0.5) is 0 Å². The average molecular weight is 1090 g/mol. The van der Waals surface area contributed by atoms with Crippen molar-refractivity contribution >= 4 is 282 Å². The van der Waals surface area contributed by atoms with E-state index in [4.69, 9.17) is 18.9 Å². The molecule has 0 aliphatic heterocycles. The maximum absolute atomic E-state index is 17.3. The highest BCUT2D eigenvalue weighted by Crippen LogP contribution is 3.00. The largest absolute Gasteiger partial charge is 0.462 e. The zero-order valence-corrected chi connectivity index (χ0v) is 46.6. The van der Waals surface area contributed by atoms with Crippen molar-refractivity contribution in [2.45, 2.75) is 101 Å². The monoisotopic (exact) mass is 1090 g/mol. The Balaban J connectivity index is 1.05. The minimum Gasteiger partial charge on any atom is -0.462 e. The van der Waals surface area contributed by atoms with Crippen molar-refractivity contribution in [2.75, 3.05) is 0 Å². The van der Waals surface area contributed by atoms with Gasteiger partial charge >= 0.3 is 23.9 Å². The van der Waals surface area contributed by atoms with E-state index < -0.39 is 80.8 Å². The van der Waals surface area contributed by atoms with Crippen molar-refractivity contribution in [3.63, 3.8) is 0 Å². The number of ether oxygens (including phenoxy) is 4. The molecule has 8 heteroatoms. The Morgan fingerprint density at radius 3 is 0.395 bits per heavy atom. The van der Waals surface area contributed by atoms with Crippen LogP contribution in [0.3, 0.4) is 0 Å². The lowest BCUT2D eigenvalue weighted by Crippen LogP contribution is -2.40. The number of carbonyl (C=O) groups excluding carboxylic acids is 4. The molecule has 4 spiro atoms. The van der Waals surface area contributed by atoms with E-state index in [2.05, 4.69) is 0 Å². The zero-order chi connectivity index (χ0) is 54.8. The summed E-state index contributed by atoms with van der Waals surface area (Å²) in [4.78, 5) is 69.2. The lowest BCUT2D eigenvalue weighted by Gasteiger charge is -2.32. The van der Waals surface area contributed by atoms with Crippen LogP contribution in [-0.4, -0.2) is 48.3 Å². The Hall–Kier alpha value is -9.40. The molecule has 8 nitrogen and oxygen atoms in total. The molecule has 2 fully saturated rings. The highest BCUT2D eigenvalue weighted by atomic mass is 16.6. The van der Waals surface area contributed by atoms with Crippen molar-refractivity contribution in [1.82, 2.24) is 0 Å². The van der Waals surface area contributed by atoms with Crippen LogP contribution < -0.4 is 0 Å². The van der Waals surface area contributed by atoms with Gasteiger partial charge in [0.25, 0.3) is 0 Å². The molecule has 0 N–H and O–H groups in total. The third kappa shape index (κ3) is 2.01. The molecule has 4 atom stereocenters. The maximum atomic E-state index is 17.3. The summed E-state index contributed by atoms with van der Waals surface area (Å²) in [5.41, 5.74) is 0.306. The van der Waals surface area contributed by atoms with E-state index in [9.17, 15) is 0 Å². The van der Waals surface area contributed by atoms with Crippen LogP contribution in [0.25, 0.3) is 259 Å². The molecule has 10 aliphatic carbocycles. The molecular weight excluding hydrogens is 1060 g/mol. The van der Waals surface area contributed by atoms with E-state index in [0.29, 0.717) is 0 Å². The molecule has 0 aromatic heterocycles. The predicted molar refractivity (Wildman–Crippen MR) is 337 cm³/mol. The highest BCUT2D eigenvalue weighted by Gasteiger charge is 3.04. The molecule has 0 amide bonds. The number of carbonyl (C=O) groups is 4.